The molecule has 70 valence electrons. The van der Waals surface area contributed by atoms with Gasteiger partial charge in [0.1, 0.15) is 6.79 Å². The van der Waals surface area contributed by atoms with Crippen molar-refractivity contribution in [2.45, 2.75) is 27.7 Å². The molecule has 0 aliphatic carbocycles. The Hall–Kier alpha value is -0.370. The van der Waals surface area contributed by atoms with Crippen LogP contribution in [0.2, 0.25) is 0 Å². The maximum Gasteiger partial charge on any atom is 0.106 e. The first-order valence-corrected chi connectivity index (χ1v) is 4.12. The largest absolute Gasteiger partial charge is 0.316 e. The van der Waals surface area contributed by atoms with Crippen LogP contribution in [0.15, 0.2) is 0 Å². The van der Waals surface area contributed by atoms with Crippen molar-refractivity contribution in [2.24, 2.45) is 11.8 Å². The molecule has 0 amide bonds. The number of nitrogens with one attached hydrogen (secondary N) is 1. The van der Waals surface area contributed by atoms with Gasteiger partial charge in [-0.25, -0.2) is 0 Å². The molecular weight excluding hydrogens is 138 g/mol. The van der Waals surface area contributed by atoms with Crippen LogP contribution in [0.4, 0.5) is 0 Å². The SMILES string of the molecule is C=O.CC(C)CNCC(C)C.[HH]. The summed E-state index contributed by atoms with van der Waals surface area (Å²) in [6.07, 6.45) is 0. The van der Waals surface area contributed by atoms with E-state index < -0.39 is 0 Å². The zero-order valence-electron chi connectivity index (χ0n) is 8.18. The van der Waals surface area contributed by atoms with Crippen LogP contribution >= 0.6 is 0 Å². The Kier molecular flexibility index (Phi) is 11.6. The van der Waals surface area contributed by atoms with E-state index >= 15 is 0 Å². The van der Waals surface area contributed by atoms with Crippen molar-refractivity contribution in [1.82, 2.24) is 5.32 Å². The van der Waals surface area contributed by atoms with E-state index in [1.807, 2.05) is 6.79 Å². The maximum atomic E-state index is 8.00. The molecule has 0 atom stereocenters. The first-order chi connectivity index (χ1) is 5.13. The molecule has 0 aromatic rings. The minimum Gasteiger partial charge on any atom is -0.316 e. The van der Waals surface area contributed by atoms with Gasteiger partial charge in [-0.3, -0.25) is 0 Å². The lowest BCUT2D eigenvalue weighted by molar-refractivity contribution is -0.0979. The highest BCUT2D eigenvalue weighted by Gasteiger charge is 1.93. The first kappa shape index (κ1) is 13.2. The van der Waals surface area contributed by atoms with Gasteiger partial charge in [0.05, 0.1) is 0 Å². The summed E-state index contributed by atoms with van der Waals surface area (Å²) in [6, 6.07) is 0. The van der Waals surface area contributed by atoms with Crippen LogP contribution < -0.4 is 5.32 Å². The molecule has 0 radical (unpaired) electrons. The maximum absolute atomic E-state index is 8.00. The Bertz CT molecular complexity index is 68.9. The van der Waals surface area contributed by atoms with Gasteiger partial charge in [-0.15, -0.1) is 0 Å². The van der Waals surface area contributed by atoms with Crippen molar-refractivity contribution in [3.05, 3.63) is 0 Å². The molecule has 0 aromatic carbocycles. The van der Waals surface area contributed by atoms with E-state index in [9.17, 15) is 0 Å². The van der Waals surface area contributed by atoms with E-state index in [0.717, 1.165) is 24.9 Å². The van der Waals surface area contributed by atoms with E-state index in [1.54, 1.807) is 0 Å². The quantitative estimate of drug-likeness (QED) is 0.683. The van der Waals surface area contributed by atoms with Crippen LogP contribution in [-0.4, -0.2) is 19.9 Å². The minimum absolute atomic E-state index is 0. The van der Waals surface area contributed by atoms with Gasteiger partial charge in [0.2, 0.25) is 0 Å². The average molecular weight is 161 g/mol. The highest BCUT2D eigenvalue weighted by molar-refractivity contribution is 5.10. The van der Waals surface area contributed by atoms with Crippen LogP contribution in [0.25, 0.3) is 0 Å². The van der Waals surface area contributed by atoms with Gasteiger partial charge in [0, 0.05) is 1.43 Å². The zero-order chi connectivity index (χ0) is 9.28. The van der Waals surface area contributed by atoms with Crippen LogP contribution in [0.3, 0.4) is 0 Å². The van der Waals surface area contributed by atoms with Gasteiger partial charge in [-0.1, -0.05) is 27.7 Å². The van der Waals surface area contributed by atoms with Crippen LogP contribution in [0.5, 0.6) is 0 Å². The van der Waals surface area contributed by atoms with Crippen molar-refractivity contribution in [2.75, 3.05) is 13.1 Å². The smallest absolute Gasteiger partial charge is 0.106 e. The van der Waals surface area contributed by atoms with Crippen molar-refractivity contribution in [1.29, 1.82) is 0 Å². The molecule has 11 heavy (non-hydrogen) atoms. The lowest BCUT2D eigenvalue weighted by Crippen LogP contribution is -2.23. The zero-order valence-corrected chi connectivity index (χ0v) is 8.18. The molecule has 0 rings (SSSR count). The number of carbonyl (C=O) groups excluding carboxylic acids is 1. The third-order valence-electron chi connectivity index (χ3n) is 1.11. The lowest BCUT2D eigenvalue weighted by Gasteiger charge is -2.08. The normalized spacial score (nSPS) is 9.64. The standard InChI is InChI=1S/C8H19N.CH2O.H2/c1-7(2)5-9-6-8(3)4;1-2;/h7-9H,5-6H2,1-4H3;1H2;1H. The van der Waals surface area contributed by atoms with E-state index in [-0.39, 0.29) is 1.43 Å². The van der Waals surface area contributed by atoms with Crippen molar-refractivity contribution >= 4 is 6.79 Å². The number of hydrogen-bond donors (Lipinski definition) is 1. The summed E-state index contributed by atoms with van der Waals surface area (Å²) in [5.74, 6) is 1.56. The fraction of sp³-hybridized carbons (Fsp3) is 0.889. The Morgan fingerprint density at radius 2 is 1.36 bits per heavy atom. The lowest BCUT2D eigenvalue weighted by atomic mass is 10.2. The molecule has 0 heterocycles. The summed E-state index contributed by atoms with van der Waals surface area (Å²) in [4.78, 5) is 8.00. The Morgan fingerprint density at radius 1 is 1.09 bits per heavy atom. The third-order valence-corrected chi connectivity index (χ3v) is 1.11. The predicted octanol–water partition coefficient (Wildman–Crippen LogP) is 1.95. The molecule has 0 fully saturated rings. The highest BCUT2D eigenvalue weighted by atomic mass is 16.1. The van der Waals surface area contributed by atoms with Gasteiger partial charge in [-0.2, -0.15) is 0 Å². The van der Waals surface area contributed by atoms with Crippen LogP contribution in [0.1, 0.15) is 29.1 Å². The van der Waals surface area contributed by atoms with E-state index in [4.69, 9.17) is 4.79 Å². The van der Waals surface area contributed by atoms with Crippen molar-refractivity contribution in [3.8, 4) is 0 Å². The molecule has 0 saturated carbocycles. The fourth-order valence-electron chi connectivity index (χ4n) is 0.661. The number of rotatable bonds is 4. The van der Waals surface area contributed by atoms with Crippen molar-refractivity contribution in [3.63, 3.8) is 0 Å². The first-order valence-electron chi connectivity index (χ1n) is 4.12. The monoisotopic (exact) mass is 161 g/mol. The molecule has 0 unspecified atom stereocenters. The molecular formula is C9H23NO. The molecule has 0 aliphatic heterocycles. The van der Waals surface area contributed by atoms with Gasteiger partial charge in [0.15, 0.2) is 0 Å². The van der Waals surface area contributed by atoms with Crippen LogP contribution in [0, 0.1) is 11.8 Å². The third kappa shape index (κ3) is 17.7. The second-order valence-electron chi connectivity index (χ2n) is 3.45. The fourth-order valence-corrected chi connectivity index (χ4v) is 0.661. The van der Waals surface area contributed by atoms with E-state index in [2.05, 4.69) is 33.0 Å². The molecule has 0 spiro atoms. The summed E-state index contributed by atoms with van der Waals surface area (Å²) in [6.45, 7) is 13.2. The topological polar surface area (TPSA) is 29.1 Å². The second-order valence-corrected chi connectivity index (χ2v) is 3.45. The predicted molar refractivity (Wildman–Crippen MR) is 51.8 cm³/mol. The molecule has 0 aromatic heterocycles. The van der Waals surface area contributed by atoms with Gasteiger partial charge >= 0.3 is 0 Å². The molecule has 0 saturated heterocycles. The highest BCUT2D eigenvalue weighted by Crippen LogP contribution is 1.90. The summed E-state index contributed by atoms with van der Waals surface area (Å²) < 4.78 is 0. The Labute approximate surface area is 71.9 Å². The molecule has 1 N–H and O–H groups in total. The van der Waals surface area contributed by atoms with Crippen LogP contribution in [-0.2, 0) is 4.79 Å². The number of hydrogen-bond acceptors (Lipinski definition) is 2. The molecule has 2 nitrogen and oxygen atoms in total. The Balaban J connectivity index is -0.000000249. The molecule has 0 bridgehead atoms. The molecule has 2 heteroatoms. The summed E-state index contributed by atoms with van der Waals surface area (Å²) in [5.41, 5.74) is 0. The summed E-state index contributed by atoms with van der Waals surface area (Å²) in [7, 11) is 0. The van der Waals surface area contributed by atoms with Gasteiger partial charge < -0.3 is 10.1 Å². The van der Waals surface area contributed by atoms with Gasteiger partial charge in [-0.05, 0) is 24.9 Å². The average Bonchev–Trinajstić information content (AvgIpc) is 1.90. The van der Waals surface area contributed by atoms with Crippen molar-refractivity contribution < 1.29 is 6.22 Å². The van der Waals surface area contributed by atoms with Gasteiger partial charge in [0.25, 0.3) is 0 Å². The second kappa shape index (κ2) is 9.63. The summed E-state index contributed by atoms with van der Waals surface area (Å²) >= 11 is 0. The number of carbonyl (C=O) groups is 1. The minimum atomic E-state index is 0. The van der Waals surface area contributed by atoms with E-state index in [0.29, 0.717) is 0 Å². The Morgan fingerprint density at radius 3 is 1.55 bits per heavy atom. The van der Waals surface area contributed by atoms with E-state index in [1.165, 1.54) is 0 Å². The molecule has 0 aliphatic rings. The summed E-state index contributed by atoms with van der Waals surface area (Å²) in [5, 5.41) is 3.38.